The molecule has 1 aromatic heterocycles. The lowest BCUT2D eigenvalue weighted by atomic mass is 10.1. The molecule has 1 heterocycles. The molecule has 0 aliphatic heterocycles. The van der Waals surface area contributed by atoms with Gasteiger partial charge in [0.1, 0.15) is 12.4 Å². The van der Waals surface area contributed by atoms with Gasteiger partial charge in [-0.05, 0) is 68.1 Å². The van der Waals surface area contributed by atoms with Crippen molar-refractivity contribution in [2.45, 2.75) is 40.8 Å². The third-order valence-electron chi connectivity index (χ3n) is 6.37. The van der Waals surface area contributed by atoms with Crippen molar-refractivity contribution in [1.82, 2.24) is 9.78 Å². The van der Waals surface area contributed by atoms with E-state index in [9.17, 15) is 9.59 Å². The van der Waals surface area contributed by atoms with Crippen LogP contribution in [0.1, 0.15) is 54.4 Å². The van der Waals surface area contributed by atoms with Gasteiger partial charge in [-0.2, -0.15) is 5.10 Å². The van der Waals surface area contributed by atoms with Crippen molar-refractivity contribution in [3.8, 4) is 5.75 Å². The first-order valence-corrected chi connectivity index (χ1v) is 12.1. The van der Waals surface area contributed by atoms with Crippen LogP contribution in [0.2, 0.25) is 0 Å². The van der Waals surface area contributed by atoms with Crippen LogP contribution in [0.25, 0.3) is 0 Å². The zero-order chi connectivity index (χ0) is 26.5. The summed E-state index contributed by atoms with van der Waals surface area (Å²) in [4.78, 5) is 25.1. The number of methoxy groups -OCH3 is 1. The molecule has 4 rings (SSSR count). The van der Waals surface area contributed by atoms with E-state index in [0.29, 0.717) is 35.7 Å². The van der Waals surface area contributed by atoms with E-state index in [4.69, 9.17) is 9.47 Å². The van der Waals surface area contributed by atoms with Crippen LogP contribution in [0, 0.1) is 27.7 Å². The maximum atomic E-state index is 13.0. The Balaban J connectivity index is 1.45. The zero-order valence-electron chi connectivity index (χ0n) is 21.8. The summed E-state index contributed by atoms with van der Waals surface area (Å²) in [5.41, 5.74) is 7.13. The number of esters is 1. The number of aromatic nitrogens is 2. The molecule has 4 aromatic rings. The van der Waals surface area contributed by atoms with E-state index in [1.807, 2.05) is 70.2 Å². The average molecular weight is 498 g/mol. The van der Waals surface area contributed by atoms with E-state index in [1.165, 1.54) is 7.11 Å². The van der Waals surface area contributed by atoms with E-state index in [1.54, 1.807) is 28.9 Å². The number of nitrogens with zero attached hydrogens (tertiary/aromatic N) is 2. The van der Waals surface area contributed by atoms with Gasteiger partial charge in [0.15, 0.2) is 0 Å². The number of hydrogen-bond acceptors (Lipinski definition) is 5. The molecule has 0 fully saturated rings. The Morgan fingerprint density at radius 2 is 1.57 bits per heavy atom. The number of ether oxygens (including phenoxy) is 2. The second-order valence-electron chi connectivity index (χ2n) is 9.01. The van der Waals surface area contributed by atoms with Gasteiger partial charge in [0.05, 0.1) is 36.3 Å². The number of nitrogens with one attached hydrogen (secondary N) is 1. The van der Waals surface area contributed by atoms with Crippen molar-refractivity contribution < 1.29 is 19.1 Å². The van der Waals surface area contributed by atoms with Crippen molar-refractivity contribution in [3.05, 3.63) is 111 Å². The molecule has 0 radical (unpaired) electrons. The Bertz CT molecular complexity index is 1420. The van der Waals surface area contributed by atoms with Crippen LogP contribution in [0.5, 0.6) is 5.75 Å². The highest BCUT2D eigenvalue weighted by molar-refractivity contribution is 6.04. The van der Waals surface area contributed by atoms with Crippen LogP contribution >= 0.6 is 0 Å². The fourth-order valence-corrected chi connectivity index (χ4v) is 4.28. The summed E-state index contributed by atoms with van der Waals surface area (Å²) >= 11 is 0. The van der Waals surface area contributed by atoms with E-state index >= 15 is 0 Å². The summed E-state index contributed by atoms with van der Waals surface area (Å²) < 4.78 is 12.7. The Hall–Kier alpha value is -4.39. The minimum Gasteiger partial charge on any atom is -0.488 e. The number of rotatable bonds is 8. The number of aryl methyl sites for hydroxylation is 3. The molecule has 1 N–H and O–H groups in total. The minimum atomic E-state index is -0.395. The summed E-state index contributed by atoms with van der Waals surface area (Å²) in [5.74, 6) is 0.276. The molecule has 0 unspecified atom stereocenters. The van der Waals surface area contributed by atoms with Gasteiger partial charge < -0.3 is 14.8 Å². The fourth-order valence-electron chi connectivity index (χ4n) is 4.28. The first kappa shape index (κ1) is 25.7. The van der Waals surface area contributed by atoms with Gasteiger partial charge in [0.25, 0.3) is 5.91 Å². The molecular formula is C30H31N3O4. The molecule has 37 heavy (non-hydrogen) atoms. The average Bonchev–Trinajstić information content (AvgIpc) is 3.15. The quantitative estimate of drug-likeness (QED) is 0.312. The third-order valence-corrected chi connectivity index (χ3v) is 6.37. The summed E-state index contributed by atoms with van der Waals surface area (Å²) in [6.07, 6.45) is 0. The summed E-state index contributed by atoms with van der Waals surface area (Å²) in [7, 11) is 1.36. The van der Waals surface area contributed by atoms with Crippen LogP contribution in [0.4, 0.5) is 5.69 Å². The topological polar surface area (TPSA) is 82.5 Å². The second kappa shape index (κ2) is 11.1. The lowest BCUT2D eigenvalue weighted by molar-refractivity contribution is 0.0599. The molecule has 0 bridgehead atoms. The van der Waals surface area contributed by atoms with E-state index in [0.717, 1.165) is 33.7 Å². The molecule has 0 saturated heterocycles. The predicted octanol–water partition coefficient (Wildman–Crippen LogP) is 5.78. The minimum absolute atomic E-state index is 0.220. The van der Waals surface area contributed by atoms with Gasteiger partial charge in [-0.25, -0.2) is 4.79 Å². The van der Waals surface area contributed by atoms with Gasteiger partial charge in [-0.15, -0.1) is 0 Å². The molecule has 7 nitrogen and oxygen atoms in total. The molecule has 0 aliphatic rings. The van der Waals surface area contributed by atoms with Crippen molar-refractivity contribution in [2.24, 2.45) is 0 Å². The van der Waals surface area contributed by atoms with Gasteiger partial charge in [0, 0.05) is 5.56 Å². The Morgan fingerprint density at radius 3 is 2.24 bits per heavy atom. The normalized spacial score (nSPS) is 10.7. The Kier molecular flexibility index (Phi) is 7.72. The van der Waals surface area contributed by atoms with Gasteiger partial charge in [0.2, 0.25) is 0 Å². The van der Waals surface area contributed by atoms with Crippen molar-refractivity contribution in [1.29, 1.82) is 0 Å². The van der Waals surface area contributed by atoms with E-state index in [2.05, 4.69) is 10.4 Å². The van der Waals surface area contributed by atoms with E-state index in [-0.39, 0.29) is 5.91 Å². The molecule has 0 spiro atoms. The standard InChI is InChI=1S/C30H31N3O4/c1-19-9-8-10-20(2)28(19)37-18-23-13-15-24(16-14-23)29(34)31-27-21(3)32-33(22(27)4)17-25-11-6-7-12-26(25)30(35)36-5/h6-16H,17-18H2,1-5H3,(H,31,34). The predicted molar refractivity (Wildman–Crippen MR) is 143 cm³/mol. The molecule has 0 aliphatic carbocycles. The Morgan fingerprint density at radius 1 is 0.892 bits per heavy atom. The fraction of sp³-hybridized carbons (Fsp3) is 0.233. The smallest absolute Gasteiger partial charge is 0.338 e. The van der Waals surface area contributed by atoms with Crippen molar-refractivity contribution in [3.63, 3.8) is 0 Å². The summed E-state index contributed by atoms with van der Waals surface area (Å²) in [6, 6.07) is 20.7. The first-order valence-electron chi connectivity index (χ1n) is 12.1. The second-order valence-corrected chi connectivity index (χ2v) is 9.01. The van der Waals surface area contributed by atoms with Gasteiger partial charge >= 0.3 is 5.97 Å². The van der Waals surface area contributed by atoms with Crippen LogP contribution in [-0.4, -0.2) is 28.8 Å². The van der Waals surface area contributed by atoms with Gasteiger partial charge in [-0.3, -0.25) is 9.48 Å². The molecule has 190 valence electrons. The number of hydrogen-bond donors (Lipinski definition) is 1. The highest BCUT2D eigenvalue weighted by Crippen LogP contribution is 2.25. The number of amides is 1. The van der Waals surface area contributed by atoms with Crippen molar-refractivity contribution >= 4 is 17.6 Å². The number of carbonyl (C=O) groups excluding carboxylic acids is 2. The lowest BCUT2D eigenvalue weighted by Gasteiger charge is -2.12. The Labute approximate surface area is 217 Å². The maximum absolute atomic E-state index is 13.0. The van der Waals surface area contributed by atoms with Crippen molar-refractivity contribution in [2.75, 3.05) is 12.4 Å². The van der Waals surface area contributed by atoms with Crippen LogP contribution in [-0.2, 0) is 17.9 Å². The van der Waals surface area contributed by atoms with E-state index < -0.39 is 5.97 Å². The number of carbonyl (C=O) groups is 2. The third kappa shape index (κ3) is 5.72. The van der Waals surface area contributed by atoms with Gasteiger partial charge in [-0.1, -0.05) is 48.5 Å². The maximum Gasteiger partial charge on any atom is 0.338 e. The van der Waals surface area contributed by atoms with Crippen LogP contribution in [0.3, 0.4) is 0 Å². The SMILES string of the molecule is COC(=O)c1ccccc1Cn1nc(C)c(NC(=O)c2ccc(COc3c(C)cccc3C)cc2)c1C. The van der Waals surface area contributed by atoms with Crippen LogP contribution in [0.15, 0.2) is 66.7 Å². The monoisotopic (exact) mass is 497 g/mol. The van der Waals surface area contributed by atoms with Crippen LogP contribution < -0.4 is 10.1 Å². The summed E-state index contributed by atoms with van der Waals surface area (Å²) in [6.45, 7) is 8.60. The zero-order valence-corrected chi connectivity index (χ0v) is 21.8. The molecule has 1 amide bonds. The number of para-hydroxylation sites is 1. The molecular weight excluding hydrogens is 466 g/mol. The largest absolute Gasteiger partial charge is 0.488 e. The molecule has 0 saturated carbocycles. The molecule has 3 aromatic carbocycles. The molecule has 0 atom stereocenters. The number of anilines is 1. The summed E-state index contributed by atoms with van der Waals surface area (Å²) in [5, 5.41) is 7.59. The molecule has 7 heteroatoms. The highest BCUT2D eigenvalue weighted by atomic mass is 16.5. The number of benzene rings is 3. The lowest BCUT2D eigenvalue weighted by Crippen LogP contribution is -2.14. The first-order chi connectivity index (χ1) is 17.8. The highest BCUT2D eigenvalue weighted by Gasteiger charge is 2.18.